The van der Waals surface area contributed by atoms with E-state index < -0.39 is 0 Å². The highest BCUT2D eigenvalue weighted by atomic mass is 32.1. The maximum atomic E-state index is 11.5. The summed E-state index contributed by atoms with van der Waals surface area (Å²) in [5.74, 6) is 0. The van der Waals surface area contributed by atoms with Crippen LogP contribution < -0.4 is 5.69 Å². The van der Waals surface area contributed by atoms with Crippen molar-refractivity contribution in [2.45, 2.75) is 32.2 Å². The van der Waals surface area contributed by atoms with Crippen LogP contribution in [-0.2, 0) is 0 Å². The van der Waals surface area contributed by atoms with Gasteiger partial charge in [0.1, 0.15) is 0 Å². The summed E-state index contributed by atoms with van der Waals surface area (Å²) in [6, 6.07) is 0.214. The Labute approximate surface area is 77.4 Å². The van der Waals surface area contributed by atoms with Crippen LogP contribution in [-0.4, -0.2) is 9.13 Å². The lowest BCUT2D eigenvalue weighted by Crippen LogP contribution is -2.25. The van der Waals surface area contributed by atoms with Crippen LogP contribution in [0.1, 0.15) is 32.2 Å². The number of hydrogen-bond donors (Lipinski definition) is 1. The smallest absolute Gasteiger partial charge is 0.297 e. The Morgan fingerprint density at radius 1 is 1.25 bits per heavy atom. The molecule has 1 aromatic heterocycles. The Balaban J connectivity index is 3.14. The topological polar surface area (TPSA) is 26.9 Å². The van der Waals surface area contributed by atoms with Gasteiger partial charge in [-0.2, -0.15) is 12.6 Å². The van der Waals surface area contributed by atoms with Crippen LogP contribution in [0.2, 0.25) is 0 Å². The average Bonchev–Trinajstić information content (AvgIpc) is 2.30. The first-order chi connectivity index (χ1) is 5.54. The molecule has 0 N–H and O–H groups in total. The second kappa shape index (κ2) is 3.39. The molecule has 0 spiro atoms. The molecule has 0 saturated heterocycles. The lowest BCUT2D eigenvalue weighted by atomic mass is 10.4. The summed E-state index contributed by atoms with van der Waals surface area (Å²) in [5, 5.41) is -0.0579. The first-order valence-electron chi connectivity index (χ1n) is 4.01. The van der Waals surface area contributed by atoms with Crippen LogP contribution in [0.5, 0.6) is 0 Å². The van der Waals surface area contributed by atoms with Crippen molar-refractivity contribution in [2.75, 3.05) is 0 Å². The van der Waals surface area contributed by atoms with Crippen LogP contribution in [0.25, 0.3) is 0 Å². The number of imidazole rings is 1. The zero-order valence-corrected chi connectivity index (χ0v) is 8.45. The molecule has 1 rings (SSSR count). The van der Waals surface area contributed by atoms with Gasteiger partial charge < -0.3 is 0 Å². The van der Waals surface area contributed by atoms with Gasteiger partial charge in [-0.05, 0) is 20.8 Å². The molecule has 12 heavy (non-hydrogen) atoms. The predicted molar refractivity (Wildman–Crippen MR) is 52.8 cm³/mol. The van der Waals surface area contributed by atoms with Crippen LogP contribution >= 0.6 is 12.6 Å². The summed E-state index contributed by atoms with van der Waals surface area (Å²) in [5.41, 5.74) is 0.00694. The maximum Gasteiger partial charge on any atom is 0.329 e. The highest BCUT2D eigenvalue weighted by Gasteiger charge is 2.07. The van der Waals surface area contributed by atoms with Crippen LogP contribution in [0.4, 0.5) is 0 Å². The molecular weight excluding hydrogens is 172 g/mol. The third-order valence-corrected chi connectivity index (χ3v) is 2.04. The van der Waals surface area contributed by atoms with Crippen LogP contribution in [0, 0.1) is 0 Å². The highest BCUT2D eigenvalue weighted by Crippen LogP contribution is 2.07. The zero-order valence-electron chi connectivity index (χ0n) is 7.56. The van der Waals surface area contributed by atoms with E-state index in [9.17, 15) is 4.79 Å². The van der Waals surface area contributed by atoms with E-state index in [2.05, 4.69) is 12.6 Å². The summed E-state index contributed by atoms with van der Waals surface area (Å²) < 4.78 is 3.29. The Bertz CT molecular complexity index is 283. The summed E-state index contributed by atoms with van der Waals surface area (Å²) in [6.45, 7) is 5.83. The third-order valence-electron chi connectivity index (χ3n) is 1.79. The molecule has 4 heteroatoms. The molecule has 0 bridgehead atoms. The van der Waals surface area contributed by atoms with Gasteiger partial charge >= 0.3 is 5.69 Å². The molecule has 0 fully saturated rings. The lowest BCUT2D eigenvalue weighted by molar-refractivity contribution is 0.556. The molecule has 1 heterocycles. The first-order valence-corrected chi connectivity index (χ1v) is 4.52. The molecule has 0 aliphatic rings. The van der Waals surface area contributed by atoms with Gasteiger partial charge in [0.15, 0.2) is 0 Å². The van der Waals surface area contributed by atoms with Crippen molar-refractivity contribution in [2.24, 2.45) is 0 Å². The summed E-state index contributed by atoms with van der Waals surface area (Å²) >= 11 is 4.19. The Morgan fingerprint density at radius 2 is 1.75 bits per heavy atom. The maximum absolute atomic E-state index is 11.5. The van der Waals surface area contributed by atoms with Crippen molar-refractivity contribution >= 4 is 12.6 Å². The van der Waals surface area contributed by atoms with Gasteiger partial charge in [0.05, 0.1) is 5.37 Å². The minimum atomic E-state index is -0.0579. The van der Waals surface area contributed by atoms with E-state index in [0.29, 0.717) is 0 Å². The largest absolute Gasteiger partial charge is 0.329 e. The van der Waals surface area contributed by atoms with Crippen LogP contribution in [0.3, 0.4) is 0 Å². The van der Waals surface area contributed by atoms with Gasteiger partial charge in [-0.25, -0.2) is 4.79 Å². The molecule has 1 unspecified atom stereocenters. The SMILES string of the molecule is CC(C)n1ccn(C(C)S)c1=O. The molecule has 0 aromatic carbocycles. The van der Waals surface area contributed by atoms with E-state index in [1.165, 1.54) is 0 Å². The molecule has 0 aliphatic heterocycles. The fourth-order valence-electron chi connectivity index (χ4n) is 1.08. The monoisotopic (exact) mass is 186 g/mol. The summed E-state index contributed by atoms with van der Waals surface area (Å²) in [6.07, 6.45) is 3.56. The van der Waals surface area contributed by atoms with E-state index in [1.54, 1.807) is 21.5 Å². The Hall–Kier alpha value is -0.640. The minimum Gasteiger partial charge on any atom is -0.297 e. The average molecular weight is 186 g/mol. The van der Waals surface area contributed by atoms with E-state index in [1.807, 2.05) is 20.8 Å². The molecule has 1 aromatic rings. The predicted octanol–water partition coefficient (Wildman–Crippen LogP) is 1.68. The quantitative estimate of drug-likeness (QED) is 0.699. The van der Waals surface area contributed by atoms with E-state index in [4.69, 9.17) is 0 Å². The van der Waals surface area contributed by atoms with Gasteiger partial charge in [-0.3, -0.25) is 9.13 Å². The first kappa shape index (κ1) is 9.45. The standard InChI is InChI=1S/C8H14N2OS/c1-6(2)9-4-5-10(7(3)12)8(9)11/h4-7,12H,1-3H3. The number of thiol groups is 1. The molecule has 0 amide bonds. The fraction of sp³-hybridized carbons (Fsp3) is 0.625. The van der Waals surface area contributed by atoms with Gasteiger partial charge in [0.25, 0.3) is 0 Å². The normalized spacial score (nSPS) is 13.8. The number of hydrogen-bond acceptors (Lipinski definition) is 2. The second-order valence-corrected chi connectivity index (χ2v) is 3.87. The minimum absolute atomic E-state index is 0.00694. The highest BCUT2D eigenvalue weighted by molar-refractivity contribution is 7.80. The van der Waals surface area contributed by atoms with Crippen molar-refractivity contribution in [3.8, 4) is 0 Å². The molecular formula is C8H14N2OS. The van der Waals surface area contributed by atoms with E-state index in [-0.39, 0.29) is 17.1 Å². The van der Waals surface area contributed by atoms with E-state index in [0.717, 1.165) is 0 Å². The molecule has 3 nitrogen and oxygen atoms in total. The summed E-state index contributed by atoms with van der Waals surface area (Å²) in [7, 11) is 0. The molecule has 0 aliphatic carbocycles. The third kappa shape index (κ3) is 1.58. The molecule has 68 valence electrons. The number of aromatic nitrogens is 2. The van der Waals surface area contributed by atoms with Crippen molar-refractivity contribution < 1.29 is 0 Å². The number of nitrogens with zero attached hydrogens (tertiary/aromatic N) is 2. The summed E-state index contributed by atoms with van der Waals surface area (Å²) in [4.78, 5) is 11.5. The van der Waals surface area contributed by atoms with Gasteiger partial charge in [-0.15, -0.1) is 0 Å². The second-order valence-electron chi connectivity index (χ2n) is 3.12. The fourth-order valence-corrected chi connectivity index (χ4v) is 1.26. The Kier molecular flexibility index (Phi) is 2.67. The Morgan fingerprint density at radius 3 is 2.00 bits per heavy atom. The van der Waals surface area contributed by atoms with Crippen molar-refractivity contribution in [1.82, 2.24) is 9.13 Å². The van der Waals surface area contributed by atoms with Crippen LogP contribution in [0.15, 0.2) is 17.2 Å². The molecule has 0 saturated carbocycles. The van der Waals surface area contributed by atoms with Gasteiger partial charge in [0, 0.05) is 18.4 Å². The van der Waals surface area contributed by atoms with Crippen molar-refractivity contribution in [1.29, 1.82) is 0 Å². The lowest BCUT2D eigenvalue weighted by Gasteiger charge is -2.06. The molecule has 1 atom stereocenters. The van der Waals surface area contributed by atoms with Crippen molar-refractivity contribution in [3.05, 3.63) is 22.9 Å². The molecule has 0 radical (unpaired) electrons. The van der Waals surface area contributed by atoms with E-state index >= 15 is 0 Å². The zero-order chi connectivity index (χ0) is 9.30. The number of rotatable bonds is 2. The van der Waals surface area contributed by atoms with Crippen molar-refractivity contribution in [3.63, 3.8) is 0 Å². The van der Waals surface area contributed by atoms with Gasteiger partial charge in [0.2, 0.25) is 0 Å². The van der Waals surface area contributed by atoms with Gasteiger partial charge in [-0.1, -0.05) is 0 Å².